The van der Waals surface area contributed by atoms with Gasteiger partial charge in [0.15, 0.2) is 0 Å². The highest BCUT2D eigenvalue weighted by Gasteiger charge is 2.23. The van der Waals surface area contributed by atoms with E-state index in [-0.39, 0.29) is 17.2 Å². The lowest BCUT2D eigenvalue weighted by molar-refractivity contribution is -0.114. The average Bonchev–Trinajstić information content (AvgIpc) is 2.94. The number of rotatable bonds is 7. The number of fused-ring (bicyclic) bond motifs is 2. The molecule has 1 aliphatic rings. The molecule has 0 bridgehead atoms. The van der Waals surface area contributed by atoms with Gasteiger partial charge in [0, 0.05) is 34.0 Å². The zero-order valence-corrected chi connectivity index (χ0v) is 24.7. The molecule has 0 spiro atoms. The van der Waals surface area contributed by atoms with E-state index in [2.05, 4.69) is 65.6 Å². The third kappa shape index (κ3) is 8.27. The van der Waals surface area contributed by atoms with E-state index in [1.165, 1.54) is 40.2 Å². The van der Waals surface area contributed by atoms with E-state index in [0.717, 1.165) is 24.5 Å². The van der Waals surface area contributed by atoms with Crippen molar-refractivity contribution in [1.82, 2.24) is 4.90 Å². The topological polar surface area (TPSA) is 82.1 Å². The van der Waals surface area contributed by atoms with Gasteiger partial charge in [0.2, 0.25) is 5.91 Å². The number of ether oxygens (including phenoxy) is 1. The Morgan fingerprint density at radius 3 is 2.32 bits per heavy atom. The highest BCUT2D eigenvalue weighted by Crippen LogP contribution is 2.48. The standard InChI is InChI=1S/C17H19ClN2S.C15H13NO4/c1-19(2)10-5-11-20-14-6-3-4-7-16(14)21-17-9-8-13(18)12-15(17)20;1-10(17)16-11-6-8-12(9-7-11)20-15(19)13-4-2-3-5-14(13)18/h3-4,6-9,12H,5,10-11H2,1-2H3;2-9,18H,1H3,(H,16,17). The molecule has 4 aromatic rings. The molecule has 1 aliphatic heterocycles. The Kier molecular flexibility index (Phi) is 10.3. The second-order valence-electron chi connectivity index (χ2n) is 9.60. The molecular formula is C32H32ClN3O4S. The van der Waals surface area contributed by atoms with Gasteiger partial charge in [-0.3, -0.25) is 4.79 Å². The molecule has 2 N–H and O–H groups in total. The maximum Gasteiger partial charge on any atom is 0.347 e. The number of hydrogen-bond donors (Lipinski definition) is 2. The number of para-hydroxylation sites is 2. The minimum absolute atomic E-state index is 0.0958. The summed E-state index contributed by atoms with van der Waals surface area (Å²) in [6.07, 6.45) is 1.12. The first-order valence-electron chi connectivity index (χ1n) is 13.1. The van der Waals surface area contributed by atoms with E-state index >= 15 is 0 Å². The fourth-order valence-corrected chi connectivity index (χ4v) is 5.45. The van der Waals surface area contributed by atoms with Crippen LogP contribution in [0.15, 0.2) is 101 Å². The van der Waals surface area contributed by atoms with E-state index in [1.54, 1.807) is 36.4 Å². The Labute approximate surface area is 249 Å². The summed E-state index contributed by atoms with van der Waals surface area (Å²) in [6.45, 7) is 3.50. The number of aromatic hydroxyl groups is 1. The van der Waals surface area contributed by atoms with E-state index in [1.807, 2.05) is 17.8 Å². The quantitative estimate of drug-likeness (QED) is 0.171. The number of carbonyl (C=O) groups excluding carboxylic acids is 2. The lowest BCUT2D eigenvalue weighted by Crippen LogP contribution is -2.25. The first kappa shape index (κ1) is 30.0. The number of benzene rings is 4. The normalized spacial score (nSPS) is 11.6. The molecule has 5 rings (SSSR count). The first-order chi connectivity index (χ1) is 19.7. The molecule has 1 heterocycles. The van der Waals surface area contributed by atoms with Gasteiger partial charge in [-0.15, -0.1) is 0 Å². The summed E-state index contributed by atoms with van der Waals surface area (Å²) in [5.74, 6) is -0.626. The van der Waals surface area contributed by atoms with Crippen LogP contribution in [0, 0.1) is 0 Å². The van der Waals surface area contributed by atoms with Gasteiger partial charge in [-0.25, -0.2) is 4.79 Å². The zero-order chi connectivity index (χ0) is 29.4. The zero-order valence-electron chi connectivity index (χ0n) is 23.1. The molecule has 0 saturated carbocycles. The predicted octanol–water partition coefficient (Wildman–Crippen LogP) is 7.46. The molecule has 41 heavy (non-hydrogen) atoms. The van der Waals surface area contributed by atoms with E-state index in [9.17, 15) is 14.7 Å². The van der Waals surface area contributed by atoms with E-state index in [0.29, 0.717) is 11.4 Å². The third-order valence-corrected chi connectivity index (χ3v) is 7.45. The number of nitrogens with one attached hydrogen (secondary N) is 1. The second kappa shape index (κ2) is 14.1. The number of amides is 1. The fourth-order valence-electron chi connectivity index (χ4n) is 4.21. The van der Waals surface area contributed by atoms with Gasteiger partial charge in [-0.2, -0.15) is 0 Å². The van der Waals surface area contributed by atoms with Gasteiger partial charge >= 0.3 is 5.97 Å². The summed E-state index contributed by atoms with van der Waals surface area (Å²) in [6, 6.07) is 27.3. The summed E-state index contributed by atoms with van der Waals surface area (Å²) >= 11 is 8.03. The fraction of sp³-hybridized carbons (Fsp3) is 0.188. The van der Waals surface area contributed by atoms with Crippen molar-refractivity contribution in [3.8, 4) is 11.5 Å². The number of phenolic OH excluding ortho intramolecular Hbond substituents is 1. The number of halogens is 1. The maximum absolute atomic E-state index is 11.8. The van der Waals surface area contributed by atoms with Crippen LogP contribution in [0.1, 0.15) is 23.7 Å². The molecule has 4 aromatic carbocycles. The van der Waals surface area contributed by atoms with Crippen molar-refractivity contribution >= 4 is 52.3 Å². The number of phenols is 1. The third-order valence-electron chi connectivity index (χ3n) is 6.08. The van der Waals surface area contributed by atoms with Crippen molar-refractivity contribution < 1.29 is 19.4 Å². The lowest BCUT2D eigenvalue weighted by Gasteiger charge is -2.33. The molecular weight excluding hydrogens is 558 g/mol. The Balaban J connectivity index is 0.000000189. The molecule has 1 amide bonds. The molecule has 212 valence electrons. The van der Waals surface area contributed by atoms with Crippen LogP contribution >= 0.6 is 23.4 Å². The van der Waals surface area contributed by atoms with Gasteiger partial charge in [0.25, 0.3) is 0 Å². The number of nitrogens with zero attached hydrogens (tertiary/aromatic N) is 2. The molecule has 9 heteroatoms. The largest absolute Gasteiger partial charge is 0.507 e. The average molecular weight is 590 g/mol. The monoisotopic (exact) mass is 589 g/mol. The molecule has 0 aromatic heterocycles. The van der Waals surface area contributed by atoms with Crippen molar-refractivity contribution in [2.45, 2.75) is 23.1 Å². The second-order valence-corrected chi connectivity index (χ2v) is 11.1. The minimum atomic E-state index is -0.643. The van der Waals surface area contributed by atoms with E-state index < -0.39 is 5.97 Å². The Hall–Kier alpha value is -3.98. The number of anilines is 3. The van der Waals surface area contributed by atoms with Crippen molar-refractivity contribution in [1.29, 1.82) is 0 Å². The van der Waals surface area contributed by atoms with E-state index in [4.69, 9.17) is 16.3 Å². The van der Waals surface area contributed by atoms with Crippen LogP contribution in [0.3, 0.4) is 0 Å². The molecule has 0 unspecified atom stereocenters. The highest BCUT2D eigenvalue weighted by atomic mass is 35.5. The maximum atomic E-state index is 11.8. The highest BCUT2D eigenvalue weighted by molar-refractivity contribution is 7.99. The lowest BCUT2D eigenvalue weighted by atomic mass is 10.2. The van der Waals surface area contributed by atoms with Crippen LogP contribution in [0.4, 0.5) is 17.1 Å². The van der Waals surface area contributed by atoms with Crippen molar-refractivity contribution in [3.05, 3.63) is 102 Å². The van der Waals surface area contributed by atoms with Gasteiger partial charge in [0.1, 0.15) is 17.1 Å². The summed E-state index contributed by atoms with van der Waals surface area (Å²) in [7, 11) is 4.23. The van der Waals surface area contributed by atoms with Crippen LogP contribution in [0.25, 0.3) is 0 Å². The summed E-state index contributed by atoms with van der Waals surface area (Å²) < 4.78 is 5.13. The minimum Gasteiger partial charge on any atom is -0.507 e. The summed E-state index contributed by atoms with van der Waals surface area (Å²) in [5.41, 5.74) is 3.22. The molecule has 0 saturated heterocycles. The predicted molar refractivity (Wildman–Crippen MR) is 166 cm³/mol. The molecule has 0 atom stereocenters. The van der Waals surface area contributed by atoms with Crippen LogP contribution < -0.4 is 15.0 Å². The van der Waals surface area contributed by atoms with Gasteiger partial charge in [0.05, 0.1) is 11.4 Å². The van der Waals surface area contributed by atoms with Crippen molar-refractivity contribution in [2.75, 3.05) is 37.4 Å². The van der Waals surface area contributed by atoms with Gasteiger partial charge in [-0.05, 0) is 93.8 Å². The van der Waals surface area contributed by atoms with Gasteiger partial charge in [-0.1, -0.05) is 47.6 Å². The Morgan fingerprint density at radius 2 is 1.61 bits per heavy atom. The number of hydrogen-bond acceptors (Lipinski definition) is 7. The molecule has 0 fully saturated rings. The summed E-state index contributed by atoms with van der Waals surface area (Å²) in [5, 5.41) is 13.0. The molecule has 0 radical (unpaired) electrons. The number of esters is 1. The SMILES string of the molecule is CC(=O)Nc1ccc(OC(=O)c2ccccc2O)cc1.CN(C)CCCN1c2ccccc2Sc2ccc(Cl)cc21. The van der Waals surface area contributed by atoms with Crippen LogP contribution in [0.5, 0.6) is 11.5 Å². The molecule has 7 nitrogen and oxygen atoms in total. The number of carbonyl (C=O) groups is 2. The van der Waals surface area contributed by atoms with Crippen LogP contribution in [0.2, 0.25) is 5.02 Å². The Morgan fingerprint density at radius 1 is 0.927 bits per heavy atom. The Bertz CT molecular complexity index is 1510. The van der Waals surface area contributed by atoms with Crippen molar-refractivity contribution in [2.24, 2.45) is 0 Å². The smallest absolute Gasteiger partial charge is 0.347 e. The van der Waals surface area contributed by atoms with Crippen molar-refractivity contribution in [3.63, 3.8) is 0 Å². The van der Waals surface area contributed by atoms with Crippen LogP contribution in [-0.2, 0) is 4.79 Å². The van der Waals surface area contributed by atoms with Gasteiger partial charge < -0.3 is 25.0 Å². The summed E-state index contributed by atoms with van der Waals surface area (Å²) in [4.78, 5) is 29.9. The van der Waals surface area contributed by atoms with Crippen LogP contribution in [-0.4, -0.2) is 49.1 Å². The first-order valence-corrected chi connectivity index (χ1v) is 14.3. The molecule has 0 aliphatic carbocycles.